The number of aliphatic hydroxyl groups is 1. The fourth-order valence-corrected chi connectivity index (χ4v) is 2.60. The van der Waals surface area contributed by atoms with E-state index in [1.54, 1.807) is 0 Å². The van der Waals surface area contributed by atoms with Gasteiger partial charge in [0.25, 0.3) is 0 Å². The molecule has 2 rings (SSSR count). The average Bonchev–Trinajstić information content (AvgIpc) is 2.49. The highest BCUT2D eigenvalue weighted by Gasteiger charge is 2.28. The van der Waals surface area contributed by atoms with E-state index in [0.29, 0.717) is 12.5 Å². The Morgan fingerprint density at radius 3 is 2.85 bits per heavy atom. The zero-order chi connectivity index (χ0) is 14.5. The van der Waals surface area contributed by atoms with Gasteiger partial charge in [-0.2, -0.15) is 0 Å². The maximum absolute atomic E-state index is 9.95. The zero-order valence-corrected chi connectivity index (χ0v) is 12.7. The molecule has 1 fully saturated rings. The second-order valence-electron chi connectivity index (χ2n) is 5.55. The van der Waals surface area contributed by atoms with E-state index in [-0.39, 0.29) is 12.2 Å². The van der Waals surface area contributed by atoms with E-state index in [1.165, 1.54) is 0 Å². The molecule has 1 aromatic heterocycles. The fraction of sp³-hybridized carbons (Fsp3) is 0.688. The summed E-state index contributed by atoms with van der Waals surface area (Å²) in [5.41, 5.74) is 2.27. The highest BCUT2D eigenvalue weighted by atomic mass is 16.5. The monoisotopic (exact) mass is 278 g/mol. The number of aliphatic hydroxyl groups excluding tert-OH is 1. The first-order chi connectivity index (χ1) is 9.65. The Bertz CT molecular complexity index is 407. The van der Waals surface area contributed by atoms with E-state index in [0.717, 1.165) is 37.3 Å². The number of hydrogen-bond donors (Lipinski definition) is 1. The Hall–Kier alpha value is -1.13. The van der Waals surface area contributed by atoms with Crippen LogP contribution < -0.4 is 4.90 Å². The highest BCUT2D eigenvalue weighted by Crippen LogP contribution is 2.23. The first kappa shape index (κ1) is 15.3. The fourth-order valence-electron chi connectivity index (χ4n) is 2.60. The number of rotatable bonds is 5. The van der Waals surface area contributed by atoms with Crippen molar-refractivity contribution in [2.75, 3.05) is 24.6 Å². The van der Waals surface area contributed by atoms with Crippen molar-refractivity contribution in [3.05, 3.63) is 24.0 Å². The summed E-state index contributed by atoms with van der Waals surface area (Å²) >= 11 is 0. The first-order valence-corrected chi connectivity index (χ1v) is 7.66. The second kappa shape index (κ2) is 7.04. The lowest BCUT2D eigenvalue weighted by atomic mass is 10.0. The molecule has 0 bridgehead atoms. The second-order valence-corrected chi connectivity index (χ2v) is 5.55. The summed E-state index contributed by atoms with van der Waals surface area (Å²) < 4.78 is 5.61. The smallest absolute Gasteiger partial charge is 0.101 e. The van der Waals surface area contributed by atoms with E-state index in [4.69, 9.17) is 4.74 Å². The van der Waals surface area contributed by atoms with E-state index in [2.05, 4.69) is 35.9 Å². The normalized spacial score (nSPS) is 24.7. The van der Waals surface area contributed by atoms with Crippen LogP contribution in [0.2, 0.25) is 0 Å². The summed E-state index contributed by atoms with van der Waals surface area (Å²) in [5.74, 6) is 0.503. The largest absolute Gasteiger partial charge is 0.390 e. The van der Waals surface area contributed by atoms with Crippen LogP contribution in [0.4, 0.5) is 5.69 Å². The molecular weight excluding hydrogens is 252 g/mol. The minimum Gasteiger partial charge on any atom is -0.390 e. The predicted octanol–water partition coefficient (Wildman–Crippen LogP) is 2.57. The van der Waals surface area contributed by atoms with Crippen molar-refractivity contribution >= 4 is 5.69 Å². The Morgan fingerprint density at radius 1 is 1.45 bits per heavy atom. The lowest BCUT2D eigenvalue weighted by Crippen LogP contribution is -2.48. The van der Waals surface area contributed by atoms with Gasteiger partial charge >= 0.3 is 0 Å². The van der Waals surface area contributed by atoms with Crippen LogP contribution >= 0.6 is 0 Å². The number of aromatic nitrogens is 1. The molecule has 0 radical (unpaired) electrons. The molecule has 0 aromatic carbocycles. The molecule has 1 saturated heterocycles. The summed E-state index contributed by atoms with van der Waals surface area (Å²) in [7, 11) is 0. The molecule has 4 nitrogen and oxygen atoms in total. The number of ether oxygens (including phenoxy) is 1. The number of anilines is 1. The van der Waals surface area contributed by atoms with Crippen molar-refractivity contribution in [3.63, 3.8) is 0 Å². The van der Waals surface area contributed by atoms with Crippen molar-refractivity contribution in [1.29, 1.82) is 0 Å². The van der Waals surface area contributed by atoms with Gasteiger partial charge in [-0.25, -0.2) is 0 Å². The molecule has 1 aromatic rings. The molecule has 2 heterocycles. The molecule has 20 heavy (non-hydrogen) atoms. The molecular formula is C16H26N2O2. The summed E-state index contributed by atoms with van der Waals surface area (Å²) in [5, 5.41) is 9.95. The maximum atomic E-state index is 9.95. The van der Waals surface area contributed by atoms with Crippen molar-refractivity contribution in [2.24, 2.45) is 0 Å². The topological polar surface area (TPSA) is 45.6 Å². The van der Waals surface area contributed by atoms with Crippen LogP contribution in [-0.2, 0) is 4.74 Å². The van der Waals surface area contributed by atoms with Crippen molar-refractivity contribution < 1.29 is 9.84 Å². The number of nitrogens with zero attached hydrogens (tertiary/aromatic N) is 2. The highest BCUT2D eigenvalue weighted by molar-refractivity contribution is 5.45. The summed E-state index contributed by atoms with van der Waals surface area (Å²) in [6.07, 6.45) is 3.36. The maximum Gasteiger partial charge on any atom is 0.101 e. The van der Waals surface area contributed by atoms with Gasteiger partial charge < -0.3 is 14.7 Å². The van der Waals surface area contributed by atoms with Crippen LogP contribution in [0.25, 0.3) is 0 Å². The molecule has 1 aliphatic rings. The minimum atomic E-state index is -0.349. The Kier molecular flexibility index (Phi) is 5.38. The molecule has 1 unspecified atom stereocenters. The van der Waals surface area contributed by atoms with E-state index in [1.807, 2.05) is 13.1 Å². The van der Waals surface area contributed by atoms with Crippen LogP contribution in [0.3, 0.4) is 0 Å². The summed E-state index contributed by atoms with van der Waals surface area (Å²) in [4.78, 5) is 6.82. The van der Waals surface area contributed by atoms with Gasteiger partial charge in [-0.3, -0.25) is 4.98 Å². The predicted molar refractivity (Wildman–Crippen MR) is 81.2 cm³/mol. The van der Waals surface area contributed by atoms with Gasteiger partial charge in [0.15, 0.2) is 0 Å². The third-order valence-electron chi connectivity index (χ3n) is 4.16. The van der Waals surface area contributed by atoms with Crippen LogP contribution in [-0.4, -0.2) is 42.0 Å². The standard InChI is InChI=1S/C16H26N2O2/c1-4-12(3)14-7-6-13(10-17-14)18-9-8-15(19)16(11-18)20-5-2/h6-7,10,12,15-16,19H,4-5,8-9,11H2,1-3H3/t12?,15-,16+/m0/s1. The van der Waals surface area contributed by atoms with Crippen molar-refractivity contribution in [2.45, 2.75) is 51.7 Å². The number of hydrogen-bond acceptors (Lipinski definition) is 4. The number of pyridine rings is 1. The van der Waals surface area contributed by atoms with E-state index in [9.17, 15) is 5.11 Å². The molecule has 0 saturated carbocycles. The summed E-state index contributed by atoms with van der Waals surface area (Å²) in [6.45, 7) is 8.58. The van der Waals surface area contributed by atoms with Crippen LogP contribution in [0.5, 0.6) is 0 Å². The van der Waals surface area contributed by atoms with Crippen molar-refractivity contribution in [1.82, 2.24) is 4.98 Å². The Labute approximate surface area is 121 Å². The molecule has 0 amide bonds. The Balaban J connectivity index is 2.04. The van der Waals surface area contributed by atoms with Gasteiger partial charge in [-0.1, -0.05) is 13.8 Å². The third-order valence-corrected chi connectivity index (χ3v) is 4.16. The molecule has 3 atom stereocenters. The molecule has 0 aliphatic carbocycles. The van der Waals surface area contributed by atoms with Gasteiger partial charge in [0, 0.05) is 25.4 Å². The summed E-state index contributed by atoms with van der Waals surface area (Å²) in [6, 6.07) is 4.25. The third kappa shape index (κ3) is 3.49. The molecule has 112 valence electrons. The quantitative estimate of drug-likeness (QED) is 0.899. The molecule has 1 N–H and O–H groups in total. The van der Waals surface area contributed by atoms with Gasteiger partial charge in [0.2, 0.25) is 0 Å². The van der Waals surface area contributed by atoms with E-state index < -0.39 is 0 Å². The van der Waals surface area contributed by atoms with Crippen LogP contribution in [0.15, 0.2) is 18.3 Å². The SMILES string of the molecule is CCO[C@@H]1CN(c2ccc(C(C)CC)nc2)CC[C@@H]1O. The number of piperidine rings is 1. The van der Waals surface area contributed by atoms with Gasteiger partial charge in [0.1, 0.15) is 6.10 Å². The first-order valence-electron chi connectivity index (χ1n) is 7.66. The van der Waals surface area contributed by atoms with Crippen LogP contribution in [0.1, 0.15) is 45.2 Å². The lowest BCUT2D eigenvalue weighted by Gasteiger charge is -2.37. The van der Waals surface area contributed by atoms with Crippen molar-refractivity contribution in [3.8, 4) is 0 Å². The molecule has 0 spiro atoms. The Morgan fingerprint density at radius 2 is 2.25 bits per heavy atom. The zero-order valence-electron chi connectivity index (χ0n) is 12.7. The van der Waals surface area contributed by atoms with Gasteiger partial charge in [0.05, 0.1) is 18.0 Å². The minimum absolute atomic E-state index is 0.0945. The molecule has 4 heteroatoms. The van der Waals surface area contributed by atoms with Gasteiger partial charge in [-0.05, 0) is 37.8 Å². The van der Waals surface area contributed by atoms with Crippen LogP contribution in [0, 0.1) is 0 Å². The van der Waals surface area contributed by atoms with Gasteiger partial charge in [-0.15, -0.1) is 0 Å². The van der Waals surface area contributed by atoms with E-state index >= 15 is 0 Å². The molecule has 1 aliphatic heterocycles. The average molecular weight is 278 g/mol. The lowest BCUT2D eigenvalue weighted by molar-refractivity contribution is -0.0398.